The van der Waals surface area contributed by atoms with E-state index in [0.29, 0.717) is 11.6 Å². The smallest absolute Gasteiger partial charge is 0.328 e. The maximum atomic E-state index is 13.3. The van der Waals surface area contributed by atoms with Crippen molar-refractivity contribution < 1.29 is 19.1 Å². The zero-order chi connectivity index (χ0) is 21.6. The Bertz CT molecular complexity index is 867. The average Bonchev–Trinajstić information content (AvgIpc) is 3.08. The highest BCUT2D eigenvalue weighted by molar-refractivity contribution is 6.30. The third-order valence-electron chi connectivity index (χ3n) is 5.82. The lowest BCUT2D eigenvalue weighted by Crippen LogP contribution is -2.67. The van der Waals surface area contributed by atoms with E-state index < -0.39 is 24.2 Å². The normalized spacial score (nSPS) is 29.1. The first-order chi connectivity index (χ1) is 14.3. The molecule has 0 aliphatic carbocycles. The van der Waals surface area contributed by atoms with Crippen LogP contribution >= 0.6 is 11.6 Å². The fraction of sp³-hybridized carbons (Fsp3) is 0.550. The van der Waals surface area contributed by atoms with Crippen LogP contribution in [0.4, 0.5) is 10.5 Å². The van der Waals surface area contributed by atoms with Crippen LogP contribution < -0.4 is 10.2 Å². The molecule has 3 amide bonds. The van der Waals surface area contributed by atoms with E-state index in [2.05, 4.69) is 22.0 Å². The quantitative estimate of drug-likeness (QED) is 0.710. The van der Waals surface area contributed by atoms with Gasteiger partial charge in [0.25, 0.3) is 5.91 Å². The largest absolute Gasteiger partial charge is 0.465 e. The zero-order valence-corrected chi connectivity index (χ0v) is 18.0. The molecule has 3 saturated heterocycles. The molecule has 3 aliphatic rings. The average molecular weight is 436 g/mol. The van der Waals surface area contributed by atoms with Crippen LogP contribution in [0.3, 0.4) is 0 Å². The van der Waals surface area contributed by atoms with Gasteiger partial charge in [-0.2, -0.15) is 0 Å². The van der Waals surface area contributed by atoms with Crippen molar-refractivity contribution in [1.29, 1.82) is 0 Å². The predicted molar refractivity (Wildman–Crippen MR) is 111 cm³/mol. The van der Waals surface area contributed by atoms with E-state index in [1.54, 1.807) is 14.0 Å². The molecule has 0 radical (unpaired) electrons. The number of halogens is 1. The van der Waals surface area contributed by atoms with E-state index in [9.17, 15) is 14.4 Å². The molecular formula is C20H26ClN5O4. The first-order valence-electron chi connectivity index (χ1n) is 10.1. The summed E-state index contributed by atoms with van der Waals surface area (Å²) in [6.07, 6.45) is -0.753. The van der Waals surface area contributed by atoms with Crippen LogP contribution in [0, 0.1) is 5.92 Å². The highest BCUT2D eigenvalue weighted by atomic mass is 35.5. The number of esters is 1. The lowest BCUT2D eigenvalue weighted by Gasteiger charge is -2.45. The minimum absolute atomic E-state index is 0.193. The highest BCUT2D eigenvalue weighted by Gasteiger charge is 2.57. The van der Waals surface area contributed by atoms with Gasteiger partial charge in [0.2, 0.25) is 0 Å². The zero-order valence-electron chi connectivity index (χ0n) is 17.2. The Morgan fingerprint density at radius 2 is 2.07 bits per heavy atom. The third kappa shape index (κ3) is 3.51. The van der Waals surface area contributed by atoms with Crippen molar-refractivity contribution in [3.05, 3.63) is 29.3 Å². The van der Waals surface area contributed by atoms with E-state index in [1.807, 2.05) is 24.3 Å². The van der Waals surface area contributed by atoms with E-state index in [4.69, 9.17) is 16.3 Å². The number of likely N-dealkylation sites (N-methyl/N-ethyl adjacent to an activating group) is 1. The van der Waals surface area contributed by atoms with Gasteiger partial charge in [0, 0.05) is 30.8 Å². The number of rotatable bonds is 4. The number of carbonyl (C=O) groups excluding carboxylic acids is 3. The molecular weight excluding hydrogens is 410 g/mol. The second-order valence-corrected chi connectivity index (χ2v) is 8.42. The molecule has 1 aromatic carbocycles. The molecule has 162 valence electrons. The summed E-state index contributed by atoms with van der Waals surface area (Å²) in [4.78, 5) is 44.8. The molecule has 4 rings (SSSR count). The van der Waals surface area contributed by atoms with Crippen molar-refractivity contribution in [2.24, 2.45) is 5.92 Å². The SMILES string of the molecule is CCOC(=O)CN1C(=O)C2C(NC3N(c4cccc(Cl)c4)CC(C)CN23)N(C)C1=O. The lowest BCUT2D eigenvalue weighted by molar-refractivity contribution is -0.151. The van der Waals surface area contributed by atoms with Crippen LogP contribution in [-0.4, -0.2) is 84.4 Å². The number of carbonyl (C=O) groups is 3. The number of anilines is 1. The molecule has 3 heterocycles. The second-order valence-electron chi connectivity index (χ2n) is 7.99. The van der Waals surface area contributed by atoms with Crippen molar-refractivity contribution in [2.75, 3.05) is 38.2 Å². The standard InChI is InChI=1S/C20H26ClN5O4/c1-4-30-15(27)11-26-18(28)16-17(23(3)20(26)29)22-19-24(9-12(2)10-25(16)19)14-7-5-6-13(21)8-14/h5-8,12,16-17,19,22H,4,9-11H2,1-3H3. The molecule has 10 heteroatoms. The van der Waals surface area contributed by atoms with E-state index >= 15 is 0 Å². The number of urea groups is 1. The fourth-order valence-electron chi connectivity index (χ4n) is 4.56. The highest BCUT2D eigenvalue weighted by Crippen LogP contribution is 2.35. The Kier molecular flexibility index (Phi) is 5.61. The Morgan fingerprint density at radius 3 is 2.77 bits per heavy atom. The van der Waals surface area contributed by atoms with Gasteiger partial charge in [-0.3, -0.25) is 24.7 Å². The van der Waals surface area contributed by atoms with Gasteiger partial charge in [0.15, 0.2) is 0 Å². The van der Waals surface area contributed by atoms with Crippen molar-refractivity contribution in [2.45, 2.75) is 32.3 Å². The van der Waals surface area contributed by atoms with Crippen LogP contribution in [0.2, 0.25) is 5.02 Å². The van der Waals surface area contributed by atoms with Crippen LogP contribution in [-0.2, 0) is 14.3 Å². The van der Waals surface area contributed by atoms with Crippen LogP contribution in [0.25, 0.3) is 0 Å². The van der Waals surface area contributed by atoms with Crippen molar-refractivity contribution in [1.82, 2.24) is 20.0 Å². The Balaban J connectivity index is 1.64. The second kappa shape index (κ2) is 8.05. The Morgan fingerprint density at radius 1 is 1.30 bits per heavy atom. The molecule has 3 aliphatic heterocycles. The number of nitrogens with zero attached hydrogens (tertiary/aromatic N) is 4. The summed E-state index contributed by atoms with van der Waals surface area (Å²) in [6, 6.07) is 6.49. The molecule has 1 N–H and O–H groups in total. The van der Waals surface area contributed by atoms with Gasteiger partial charge in [0.05, 0.1) is 6.61 Å². The van der Waals surface area contributed by atoms with Gasteiger partial charge >= 0.3 is 12.0 Å². The van der Waals surface area contributed by atoms with Crippen molar-refractivity contribution in [3.63, 3.8) is 0 Å². The number of hydrogen-bond donors (Lipinski definition) is 1. The molecule has 1 aromatic rings. The molecule has 9 nitrogen and oxygen atoms in total. The van der Waals surface area contributed by atoms with Gasteiger partial charge in [-0.1, -0.05) is 24.6 Å². The maximum Gasteiger partial charge on any atom is 0.328 e. The number of fused-ring (bicyclic) bond motifs is 3. The first kappa shape index (κ1) is 20.9. The summed E-state index contributed by atoms with van der Waals surface area (Å²) in [5, 5.41) is 4.08. The molecule has 4 atom stereocenters. The van der Waals surface area contributed by atoms with Gasteiger partial charge in [0.1, 0.15) is 25.0 Å². The minimum atomic E-state index is -0.596. The summed E-state index contributed by atoms with van der Waals surface area (Å²) in [5.41, 5.74) is 0.944. The van der Waals surface area contributed by atoms with Crippen molar-refractivity contribution in [3.8, 4) is 0 Å². The topological polar surface area (TPSA) is 85.4 Å². The van der Waals surface area contributed by atoms with Gasteiger partial charge in [-0.15, -0.1) is 0 Å². The fourth-order valence-corrected chi connectivity index (χ4v) is 4.74. The Hall–Kier alpha value is -2.36. The number of imide groups is 1. The van der Waals surface area contributed by atoms with Gasteiger partial charge < -0.3 is 14.5 Å². The summed E-state index contributed by atoms with van der Waals surface area (Å²) >= 11 is 6.21. The lowest BCUT2D eigenvalue weighted by atomic mass is 10.0. The first-order valence-corrected chi connectivity index (χ1v) is 10.5. The van der Waals surface area contributed by atoms with Crippen molar-refractivity contribution >= 4 is 35.2 Å². The van der Waals surface area contributed by atoms with E-state index in [1.165, 1.54) is 4.90 Å². The summed E-state index contributed by atoms with van der Waals surface area (Å²) in [5.74, 6) is -0.692. The summed E-state index contributed by atoms with van der Waals surface area (Å²) < 4.78 is 4.94. The van der Waals surface area contributed by atoms with E-state index in [-0.39, 0.29) is 31.3 Å². The maximum absolute atomic E-state index is 13.3. The molecule has 0 spiro atoms. The number of amides is 3. The number of hydrogen-bond acceptors (Lipinski definition) is 7. The predicted octanol–water partition coefficient (Wildman–Crippen LogP) is 1.14. The molecule has 0 aromatic heterocycles. The van der Waals surface area contributed by atoms with Crippen LogP contribution in [0.15, 0.2) is 24.3 Å². The van der Waals surface area contributed by atoms with E-state index in [0.717, 1.165) is 17.1 Å². The van der Waals surface area contributed by atoms with Gasteiger partial charge in [-0.25, -0.2) is 4.79 Å². The number of benzene rings is 1. The molecule has 0 saturated carbocycles. The molecule has 0 bridgehead atoms. The molecule has 3 fully saturated rings. The molecule has 4 unspecified atom stereocenters. The van der Waals surface area contributed by atoms with Crippen LogP contribution in [0.1, 0.15) is 13.8 Å². The summed E-state index contributed by atoms with van der Waals surface area (Å²) in [6.45, 7) is 5.10. The van der Waals surface area contributed by atoms with Crippen LogP contribution in [0.5, 0.6) is 0 Å². The third-order valence-corrected chi connectivity index (χ3v) is 6.05. The van der Waals surface area contributed by atoms with Gasteiger partial charge in [-0.05, 0) is 31.0 Å². The monoisotopic (exact) mass is 435 g/mol. The Labute approximate surface area is 180 Å². The molecule has 30 heavy (non-hydrogen) atoms. The minimum Gasteiger partial charge on any atom is -0.465 e. The number of ether oxygens (including phenoxy) is 1. The number of nitrogens with one attached hydrogen (secondary N) is 1. The summed E-state index contributed by atoms with van der Waals surface area (Å²) in [7, 11) is 1.64.